The molecule has 2 aromatic carbocycles. The molecule has 0 bridgehead atoms. The second kappa shape index (κ2) is 6.02. The van der Waals surface area contributed by atoms with Crippen molar-refractivity contribution in [3.8, 4) is 5.75 Å². The molecule has 3 N–H and O–H groups in total. The Hall–Kier alpha value is -2.38. The molecule has 7 heteroatoms. The number of ether oxygens (including phenoxy) is 1. The number of hydrogen-bond acceptors (Lipinski definition) is 4. The Morgan fingerprint density at radius 2 is 1.83 bits per heavy atom. The van der Waals surface area contributed by atoms with Crippen LogP contribution in [-0.4, -0.2) is 20.9 Å². The number of benzene rings is 2. The van der Waals surface area contributed by atoms with Crippen LogP contribution in [0.4, 0.5) is 0 Å². The van der Waals surface area contributed by atoms with Gasteiger partial charge in [-0.15, -0.1) is 0 Å². The largest absolute Gasteiger partial charge is 0.493 e. The van der Waals surface area contributed by atoms with E-state index in [0.717, 1.165) is 11.3 Å². The van der Waals surface area contributed by atoms with Gasteiger partial charge in [-0.25, -0.2) is 13.6 Å². The fourth-order valence-corrected chi connectivity index (χ4v) is 3.05. The molecular weight excluding hydrogens is 316 g/mol. The number of hydrogen-bond donors (Lipinski definition) is 2. The van der Waals surface area contributed by atoms with Crippen molar-refractivity contribution in [1.29, 1.82) is 0 Å². The van der Waals surface area contributed by atoms with Crippen LogP contribution in [0.1, 0.15) is 28.4 Å². The van der Waals surface area contributed by atoms with Crippen molar-refractivity contribution in [3.05, 3.63) is 59.7 Å². The highest BCUT2D eigenvalue weighted by Crippen LogP contribution is 2.31. The number of nitrogens with one attached hydrogen (secondary N) is 1. The summed E-state index contributed by atoms with van der Waals surface area (Å²) in [6, 6.07) is 13.0. The van der Waals surface area contributed by atoms with Crippen LogP contribution < -0.4 is 15.2 Å². The number of carbonyl (C=O) groups excluding carboxylic acids is 1. The molecule has 120 valence electrons. The Morgan fingerprint density at radius 1 is 1.13 bits per heavy atom. The number of fused-ring (bicyclic) bond motifs is 1. The molecule has 0 spiro atoms. The van der Waals surface area contributed by atoms with Crippen LogP contribution in [0.25, 0.3) is 0 Å². The van der Waals surface area contributed by atoms with Crippen molar-refractivity contribution < 1.29 is 17.9 Å². The van der Waals surface area contributed by atoms with Crippen molar-refractivity contribution in [3.63, 3.8) is 0 Å². The molecule has 0 aliphatic carbocycles. The summed E-state index contributed by atoms with van der Waals surface area (Å²) in [5.74, 6) is 0.501. The quantitative estimate of drug-likeness (QED) is 0.891. The van der Waals surface area contributed by atoms with Gasteiger partial charge >= 0.3 is 0 Å². The smallest absolute Gasteiger partial charge is 0.251 e. The van der Waals surface area contributed by atoms with Gasteiger partial charge in [-0.05, 0) is 30.3 Å². The molecule has 6 nitrogen and oxygen atoms in total. The Bertz CT molecular complexity index is 831. The number of carbonyl (C=O) groups is 1. The highest BCUT2D eigenvalue weighted by molar-refractivity contribution is 7.89. The summed E-state index contributed by atoms with van der Waals surface area (Å²) in [4.78, 5) is 12.3. The first-order chi connectivity index (χ1) is 10.9. The molecule has 0 saturated heterocycles. The van der Waals surface area contributed by atoms with E-state index in [4.69, 9.17) is 9.88 Å². The van der Waals surface area contributed by atoms with E-state index in [1.807, 2.05) is 24.3 Å². The summed E-state index contributed by atoms with van der Waals surface area (Å²) in [5.41, 5.74) is 1.31. The summed E-state index contributed by atoms with van der Waals surface area (Å²) in [7, 11) is -3.76. The normalized spacial score (nSPS) is 17.0. The number of para-hydroxylation sites is 1. The van der Waals surface area contributed by atoms with E-state index in [0.29, 0.717) is 18.6 Å². The number of nitrogens with two attached hydrogens (primary N) is 1. The van der Waals surface area contributed by atoms with Gasteiger partial charge in [-0.2, -0.15) is 0 Å². The molecule has 1 atom stereocenters. The minimum Gasteiger partial charge on any atom is -0.493 e. The molecule has 0 unspecified atom stereocenters. The van der Waals surface area contributed by atoms with Gasteiger partial charge in [-0.1, -0.05) is 18.2 Å². The maximum atomic E-state index is 12.4. The van der Waals surface area contributed by atoms with E-state index >= 15 is 0 Å². The summed E-state index contributed by atoms with van der Waals surface area (Å²) in [6.07, 6.45) is 0.679. The van der Waals surface area contributed by atoms with E-state index in [-0.39, 0.29) is 16.8 Å². The second-order valence-electron chi connectivity index (χ2n) is 5.27. The predicted molar refractivity (Wildman–Crippen MR) is 84.6 cm³/mol. The molecule has 0 radical (unpaired) electrons. The Labute approximate surface area is 134 Å². The van der Waals surface area contributed by atoms with Gasteiger partial charge in [0.2, 0.25) is 10.0 Å². The van der Waals surface area contributed by atoms with Crippen LogP contribution in [0, 0.1) is 0 Å². The topological polar surface area (TPSA) is 98.5 Å². The van der Waals surface area contributed by atoms with Crippen molar-refractivity contribution in [2.75, 3.05) is 6.61 Å². The Balaban J connectivity index is 1.78. The van der Waals surface area contributed by atoms with Crippen molar-refractivity contribution >= 4 is 15.9 Å². The summed E-state index contributed by atoms with van der Waals surface area (Å²) in [5, 5.41) is 7.99. The van der Waals surface area contributed by atoms with Gasteiger partial charge in [-0.3, -0.25) is 4.79 Å². The third-order valence-corrected chi connectivity index (χ3v) is 4.64. The lowest BCUT2D eigenvalue weighted by atomic mass is 10.00. The molecule has 0 saturated carbocycles. The molecular formula is C16H16N2O4S. The van der Waals surface area contributed by atoms with Crippen LogP contribution in [0.2, 0.25) is 0 Å². The van der Waals surface area contributed by atoms with Crippen molar-refractivity contribution in [2.24, 2.45) is 5.14 Å². The maximum Gasteiger partial charge on any atom is 0.251 e. The molecule has 0 fully saturated rings. The zero-order chi connectivity index (χ0) is 16.4. The molecule has 2 aromatic rings. The summed E-state index contributed by atoms with van der Waals surface area (Å²) < 4.78 is 28.0. The molecule has 1 amide bonds. The first-order valence-corrected chi connectivity index (χ1v) is 8.65. The van der Waals surface area contributed by atoms with Gasteiger partial charge in [0.15, 0.2) is 0 Å². The molecule has 0 aromatic heterocycles. The molecule has 3 rings (SSSR count). The average molecular weight is 332 g/mol. The fraction of sp³-hybridized carbons (Fsp3) is 0.188. The first kappa shape index (κ1) is 15.5. The summed E-state index contributed by atoms with van der Waals surface area (Å²) >= 11 is 0. The van der Waals surface area contributed by atoms with Gasteiger partial charge in [0.1, 0.15) is 5.75 Å². The fourth-order valence-electron chi connectivity index (χ4n) is 2.53. The van der Waals surface area contributed by atoms with E-state index in [9.17, 15) is 13.2 Å². The lowest BCUT2D eigenvalue weighted by molar-refractivity contribution is 0.0924. The zero-order valence-corrected chi connectivity index (χ0v) is 13.0. The van der Waals surface area contributed by atoms with Crippen LogP contribution in [0.5, 0.6) is 5.75 Å². The lowest BCUT2D eigenvalue weighted by Gasteiger charge is -2.26. The SMILES string of the molecule is NS(=O)(=O)c1ccc(C(=O)N[C@@H]2CCOc3ccccc32)cc1. The van der Waals surface area contributed by atoms with Crippen molar-refractivity contribution in [2.45, 2.75) is 17.4 Å². The van der Waals surface area contributed by atoms with E-state index in [1.54, 1.807) is 0 Å². The van der Waals surface area contributed by atoms with Crippen LogP contribution in [0.15, 0.2) is 53.4 Å². The van der Waals surface area contributed by atoms with Gasteiger partial charge < -0.3 is 10.1 Å². The van der Waals surface area contributed by atoms with Crippen molar-refractivity contribution in [1.82, 2.24) is 5.32 Å². The molecule has 1 aliphatic rings. The molecule has 1 heterocycles. The van der Waals surface area contributed by atoms with Crippen LogP contribution >= 0.6 is 0 Å². The van der Waals surface area contributed by atoms with E-state index < -0.39 is 10.0 Å². The van der Waals surface area contributed by atoms with Crippen LogP contribution in [0.3, 0.4) is 0 Å². The van der Waals surface area contributed by atoms with E-state index in [1.165, 1.54) is 24.3 Å². The second-order valence-corrected chi connectivity index (χ2v) is 6.83. The van der Waals surface area contributed by atoms with Gasteiger partial charge in [0.25, 0.3) is 5.91 Å². The predicted octanol–water partition coefficient (Wildman–Crippen LogP) is 1.59. The minimum atomic E-state index is -3.76. The third kappa shape index (κ3) is 3.35. The lowest BCUT2D eigenvalue weighted by Crippen LogP contribution is -2.32. The molecule has 1 aliphatic heterocycles. The first-order valence-electron chi connectivity index (χ1n) is 7.10. The number of rotatable bonds is 3. The zero-order valence-electron chi connectivity index (χ0n) is 12.2. The maximum absolute atomic E-state index is 12.4. The average Bonchev–Trinajstić information content (AvgIpc) is 2.54. The van der Waals surface area contributed by atoms with E-state index in [2.05, 4.69) is 5.32 Å². The highest BCUT2D eigenvalue weighted by Gasteiger charge is 2.23. The third-order valence-electron chi connectivity index (χ3n) is 3.71. The van der Waals surface area contributed by atoms with Gasteiger partial charge in [0, 0.05) is 17.5 Å². The number of sulfonamides is 1. The Morgan fingerprint density at radius 3 is 2.52 bits per heavy atom. The van der Waals surface area contributed by atoms with Crippen LogP contribution in [-0.2, 0) is 10.0 Å². The summed E-state index contributed by atoms with van der Waals surface area (Å²) in [6.45, 7) is 0.534. The Kier molecular flexibility index (Phi) is 4.06. The monoisotopic (exact) mass is 332 g/mol. The minimum absolute atomic E-state index is 0.0227. The standard InChI is InChI=1S/C16H16N2O4S/c17-23(20,21)12-7-5-11(6-8-12)16(19)18-14-9-10-22-15-4-2-1-3-13(14)15/h1-8,14H,9-10H2,(H,18,19)(H2,17,20,21)/t14-/m1/s1. The number of primary sulfonamides is 1. The van der Waals surface area contributed by atoms with Gasteiger partial charge in [0.05, 0.1) is 17.5 Å². The highest BCUT2D eigenvalue weighted by atomic mass is 32.2. The molecule has 23 heavy (non-hydrogen) atoms. The number of amides is 1.